The molecular weight excluding hydrogens is 687 g/mol. The summed E-state index contributed by atoms with van der Waals surface area (Å²) in [4.78, 5) is 2.45. The predicted octanol–water partition coefficient (Wildman–Crippen LogP) is 15.6. The smallest absolute Gasteiger partial charge is 0.136 e. The highest BCUT2D eigenvalue weighted by Crippen LogP contribution is 2.50. The van der Waals surface area contributed by atoms with E-state index < -0.39 is 0 Å². The van der Waals surface area contributed by atoms with E-state index in [1.165, 1.54) is 58.9 Å². The van der Waals surface area contributed by atoms with Crippen LogP contribution in [0.25, 0.3) is 86.3 Å². The number of rotatable bonds is 6. The number of furan rings is 1. The van der Waals surface area contributed by atoms with Crippen molar-refractivity contribution in [1.82, 2.24) is 0 Å². The summed E-state index contributed by atoms with van der Waals surface area (Å²) >= 11 is 1.87. The topological polar surface area (TPSA) is 16.4 Å². The van der Waals surface area contributed by atoms with Crippen molar-refractivity contribution in [3.05, 3.63) is 200 Å². The zero-order chi connectivity index (χ0) is 36.3. The van der Waals surface area contributed by atoms with Crippen molar-refractivity contribution in [1.29, 1.82) is 0 Å². The lowest BCUT2D eigenvalue weighted by molar-refractivity contribution is 0.669. The molecular formula is C52H33NOS. The monoisotopic (exact) mass is 719 g/mol. The number of thiophene rings is 1. The van der Waals surface area contributed by atoms with E-state index >= 15 is 0 Å². The molecule has 0 spiro atoms. The van der Waals surface area contributed by atoms with Gasteiger partial charge in [0.2, 0.25) is 0 Å². The maximum Gasteiger partial charge on any atom is 0.136 e. The van der Waals surface area contributed by atoms with Crippen molar-refractivity contribution in [2.45, 2.75) is 0 Å². The van der Waals surface area contributed by atoms with Crippen LogP contribution in [0.4, 0.5) is 17.1 Å². The third-order valence-corrected chi connectivity index (χ3v) is 12.1. The number of para-hydroxylation sites is 1. The molecule has 0 atom stereocenters. The summed E-state index contributed by atoms with van der Waals surface area (Å²) in [6.07, 6.45) is 0. The molecule has 11 rings (SSSR count). The molecule has 0 aliphatic heterocycles. The van der Waals surface area contributed by atoms with Crippen LogP contribution in [-0.4, -0.2) is 0 Å². The second-order valence-corrected chi connectivity index (χ2v) is 15.2. The van der Waals surface area contributed by atoms with E-state index in [9.17, 15) is 0 Å². The number of fused-ring (bicyclic) bond motifs is 7. The Balaban J connectivity index is 1.09. The van der Waals surface area contributed by atoms with Gasteiger partial charge in [-0.2, -0.15) is 0 Å². The normalized spacial score (nSPS) is 11.6. The first-order valence-corrected chi connectivity index (χ1v) is 19.5. The molecule has 0 radical (unpaired) electrons. The molecule has 9 aromatic carbocycles. The van der Waals surface area contributed by atoms with Gasteiger partial charge in [0.05, 0.1) is 10.4 Å². The van der Waals surface area contributed by atoms with E-state index in [1.54, 1.807) is 0 Å². The van der Waals surface area contributed by atoms with Crippen LogP contribution in [0.5, 0.6) is 0 Å². The number of hydrogen-bond acceptors (Lipinski definition) is 3. The van der Waals surface area contributed by atoms with Gasteiger partial charge in [-0.25, -0.2) is 0 Å². The van der Waals surface area contributed by atoms with Crippen molar-refractivity contribution in [3.63, 3.8) is 0 Å². The Morgan fingerprint density at radius 3 is 1.73 bits per heavy atom. The van der Waals surface area contributed by atoms with Gasteiger partial charge in [0.25, 0.3) is 0 Å². The van der Waals surface area contributed by atoms with Gasteiger partial charge in [0.1, 0.15) is 11.2 Å². The maximum absolute atomic E-state index is 6.27. The van der Waals surface area contributed by atoms with Gasteiger partial charge in [-0.3, -0.25) is 0 Å². The maximum atomic E-state index is 6.27. The molecule has 55 heavy (non-hydrogen) atoms. The Labute approximate surface area is 322 Å². The molecule has 0 saturated heterocycles. The fourth-order valence-electron chi connectivity index (χ4n) is 8.13. The highest BCUT2D eigenvalue weighted by Gasteiger charge is 2.23. The first-order chi connectivity index (χ1) is 27.2. The zero-order valence-corrected chi connectivity index (χ0v) is 30.6. The van der Waals surface area contributed by atoms with Gasteiger partial charge in [-0.15, -0.1) is 11.3 Å². The van der Waals surface area contributed by atoms with Crippen LogP contribution < -0.4 is 4.90 Å². The Morgan fingerprint density at radius 2 is 0.945 bits per heavy atom. The van der Waals surface area contributed by atoms with Crippen LogP contribution >= 0.6 is 11.3 Å². The highest BCUT2D eigenvalue weighted by molar-refractivity contribution is 7.26. The fraction of sp³-hybridized carbons (Fsp3) is 0. The molecule has 0 bridgehead atoms. The first-order valence-electron chi connectivity index (χ1n) is 18.7. The van der Waals surface area contributed by atoms with Gasteiger partial charge in [-0.1, -0.05) is 146 Å². The molecule has 2 nitrogen and oxygen atoms in total. The van der Waals surface area contributed by atoms with Crippen LogP contribution in [0.15, 0.2) is 205 Å². The lowest BCUT2D eigenvalue weighted by Gasteiger charge is -2.29. The van der Waals surface area contributed by atoms with E-state index in [-0.39, 0.29) is 0 Å². The van der Waals surface area contributed by atoms with E-state index in [4.69, 9.17) is 4.42 Å². The number of benzene rings is 9. The van der Waals surface area contributed by atoms with Crippen LogP contribution in [0.2, 0.25) is 0 Å². The Kier molecular flexibility index (Phi) is 7.39. The van der Waals surface area contributed by atoms with Crippen LogP contribution in [0.3, 0.4) is 0 Å². The standard InChI is InChI=1S/C52H33NOS/c1-2-11-37(12-3-1)43-30-31-47-46-15-7-9-17-50(46)55-52(47)51(43)53(41-25-20-35(21-26-41)39-19-18-34-10-4-5-13-38(34)32-39)42-27-22-36(23-28-42)40-24-29-45-44-14-6-8-16-48(44)54-49(45)33-40/h1-33H. The molecule has 11 aromatic rings. The molecule has 0 aliphatic carbocycles. The predicted molar refractivity (Wildman–Crippen MR) is 235 cm³/mol. The van der Waals surface area contributed by atoms with Crippen molar-refractivity contribution in [3.8, 4) is 33.4 Å². The lowest BCUT2D eigenvalue weighted by Crippen LogP contribution is -2.11. The molecule has 0 fully saturated rings. The second kappa shape index (κ2) is 12.9. The molecule has 0 aliphatic rings. The summed E-state index contributed by atoms with van der Waals surface area (Å²) in [6.45, 7) is 0. The van der Waals surface area contributed by atoms with E-state index in [1.807, 2.05) is 23.5 Å². The molecule has 0 N–H and O–H groups in total. The molecule has 0 unspecified atom stereocenters. The summed E-state index contributed by atoms with van der Waals surface area (Å²) in [5.74, 6) is 0. The third kappa shape index (κ3) is 5.40. The molecule has 3 heteroatoms. The van der Waals surface area contributed by atoms with Crippen LogP contribution in [-0.2, 0) is 0 Å². The first kappa shape index (κ1) is 31.6. The number of hydrogen-bond donors (Lipinski definition) is 0. The van der Waals surface area contributed by atoms with Crippen molar-refractivity contribution < 1.29 is 4.42 Å². The van der Waals surface area contributed by atoms with Crippen molar-refractivity contribution in [2.75, 3.05) is 4.90 Å². The minimum atomic E-state index is 0.903. The Hall–Kier alpha value is -6.94. The minimum Gasteiger partial charge on any atom is -0.456 e. The van der Waals surface area contributed by atoms with E-state index in [0.717, 1.165) is 44.4 Å². The van der Waals surface area contributed by atoms with Gasteiger partial charge in [-0.05, 0) is 93.2 Å². The van der Waals surface area contributed by atoms with Gasteiger partial charge < -0.3 is 9.32 Å². The second-order valence-electron chi connectivity index (χ2n) is 14.1. The summed E-state index contributed by atoms with van der Waals surface area (Å²) in [5, 5.41) is 7.33. The molecule has 0 amide bonds. The summed E-state index contributed by atoms with van der Waals surface area (Å²) in [6, 6.07) is 72.3. The van der Waals surface area contributed by atoms with E-state index in [0.29, 0.717) is 0 Å². The fourth-order valence-corrected chi connectivity index (χ4v) is 9.38. The third-order valence-electron chi connectivity index (χ3n) is 10.9. The lowest BCUT2D eigenvalue weighted by atomic mass is 9.98. The quantitative estimate of drug-likeness (QED) is 0.170. The zero-order valence-electron chi connectivity index (χ0n) is 29.8. The van der Waals surface area contributed by atoms with Crippen LogP contribution in [0, 0.1) is 0 Å². The molecule has 0 saturated carbocycles. The van der Waals surface area contributed by atoms with Crippen molar-refractivity contribution >= 4 is 81.3 Å². The van der Waals surface area contributed by atoms with Gasteiger partial charge in [0, 0.05) is 43.2 Å². The summed E-state index contributed by atoms with van der Waals surface area (Å²) < 4.78 is 8.82. The van der Waals surface area contributed by atoms with Crippen LogP contribution in [0.1, 0.15) is 0 Å². The van der Waals surface area contributed by atoms with Gasteiger partial charge in [0.15, 0.2) is 0 Å². The Morgan fingerprint density at radius 1 is 0.364 bits per heavy atom. The Bertz CT molecular complexity index is 3190. The minimum absolute atomic E-state index is 0.903. The number of nitrogens with zero attached hydrogens (tertiary/aromatic N) is 1. The summed E-state index contributed by atoms with van der Waals surface area (Å²) in [7, 11) is 0. The SMILES string of the molecule is c1ccc(-c2ccc3c(sc4ccccc43)c2N(c2ccc(-c3ccc4ccccc4c3)cc2)c2ccc(-c3ccc4c(c3)oc3ccccc34)cc2)cc1. The summed E-state index contributed by atoms with van der Waals surface area (Å²) in [5.41, 5.74) is 12.2. The molecule has 258 valence electrons. The van der Waals surface area contributed by atoms with E-state index in [2.05, 4.69) is 193 Å². The molecule has 2 aromatic heterocycles. The number of anilines is 3. The molecule has 2 heterocycles. The largest absolute Gasteiger partial charge is 0.456 e. The van der Waals surface area contributed by atoms with Gasteiger partial charge >= 0.3 is 0 Å². The highest BCUT2D eigenvalue weighted by atomic mass is 32.1. The average molecular weight is 720 g/mol. The van der Waals surface area contributed by atoms with Crippen molar-refractivity contribution in [2.24, 2.45) is 0 Å². The average Bonchev–Trinajstić information content (AvgIpc) is 3.83.